The lowest BCUT2D eigenvalue weighted by molar-refractivity contribution is -0.127. The molecule has 2 aromatic heterocycles. The van der Waals surface area contributed by atoms with Crippen LogP contribution in [0.5, 0.6) is 0 Å². The first-order chi connectivity index (χ1) is 16.8. The van der Waals surface area contributed by atoms with Crippen molar-refractivity contribution in [3.05, 3.63) is 54.5 Å². The van der Waals surface area contributed by atoms with E-state index in [0.29, 0.717) is 12.8 Å². The Balaban J connectivity index is 1.56. The second-order valence-corrected chi connectivity index (χ2v) is 12.5. The van der Waals surface area contributed by atoms with Crippen LogP contribution in [0.3, 0.4) is 0 Å². The van der Waals surface area contributed by atoms with Crippen molar-refractivity contribution in [2.24, 2.45) is 5.92 Å². The fraction of sp³-hybridized carbons (Fsp3) is 0.385. The zero-order chi connectivity index (χ0) is 24.6. The van der Waals surface area contributed by atoms with Crippen LogP contribution in [0, 0.1) is 17.2 Å². The number of thiazole rings is 1. The monoisotopic (exact) mass is 506 g/mol. The standard InChI is InChI=1S/C26H26N4O3S2/c1-35(32,33)19-10-8-17(9-11-19)23-22(29-25(34-23)18-5-4-14-28-15-18)20-6-2-3-7-21(20)24(31)30-26(16-27)12-13-26/h4-5,8-11,14-15,20-21H,2-3,6-7,12-13H2,1H3,(H,30,31)/t20-,21-/m1/s1. The molecule has 2 heterocycles. The number of benzene rings is 1. The van der Waals surface area contributed by atoms with Crippen molar-refractivity contribution >= 4 is 27.1 Å². The highest BCUT2D eigenvalue weighted by Crippen LogP contribution is 2.46. The summed E-state index contributed by atoms with van der Waals surface area (Å²) in [5.41, 5.74) is 1.94. The molecule has 2 atom stereocenters. The van der Waals surface area contributed by atoms with Crippen LogP contribution in [0.25, 0.3) is 21.0 Å². The van der Waals surface area contributed by atoms with Gasteiger partial charge in [0.05, 0.1) is 21.5 Å². The molecule has 2 fully saturated rings. The molecule has 0 unspecified atom stereocenters. The number of nitriles is 1. The Morgan fingerprint density at radius 1 is 1.14 bits per heavy atom. The Labute approximate surface area is 209 Å². The number of nitrogens with zero attached hydrogens (tertiary/aromatic N) is 3. The van der Waals surface area contributed by atoms with Gasteiger partial charge < -0.3 is 5.32 Å². The van der Waals surface area contributed by atoms with Crippen molar-refractivity contribution in [3.63, 3.8) is 0 Å². The van der Waals surface area contributed by atoms with Crippen LogP contribution >= 0.6 is 11.3 Å². The van der Waals surface area contributed by atoms with Crippen molar-refractivity contribution in [2.45, 2.75) is 54.9 Å². The minimum atomic E-state index is -3.30. The molecule has 2 aliphatic rings. The van der Waals surface area contributed by atoms with E-state index >= 15 is 0 Å². The third-order valence-electron chi connectivity index (χ3n) is 6.89. The van der Waals surface area contributed by atoms with E-state index in [0.717, 1.165) is 52.4 Å². The molecule has 0 aliphatic heterocycles. The fourth-order valence-electron chi connectivity index (χ4n) is 4.75. The number of carbonyl (C=O) groups excluding carboxylic acids is 1. The summed E-state index contributed by atoms with van der Waals surface area (Å²) in [4.78, 5) is 23.8. The summed E-state index contributed by atoms with van der Waals surface area (Å²) >= 11 is 1.53. The molecule has 1 N–H and O–H groups in total. The second kappa shape index (κ2) is 9.17. The van der Waals surface area contributed by atoms with E-state index in [4.69, 9.17) is 4.98 Å². The summed E-state index contributed by atoms with van der Waals surface area (Å²) in [6.45, 7) is 0. The lowest BCUT2D eigenvalue weighted by Gasteiger charge is -2.31. The van der Waals surface area contributed by atoms with Gasteiger partial charge in [-0.2, -0.15) is 5.26 Å². The van der Waals surface area contributed by atoms with E-state index in [9.17, 15) is 18.5 Å². The van der Waals surface area contributed by atoms with Crippen LogP contribution in [0.1, 0.15) is 50.1 Å². The molecule has 3 aromatic rings. The average molecular weight is 507 g/mol. The second-order valence-electron chi connectivity index (χ2n) is 9.45. The molecule has 2 saturated carbocycles. The van der Waals surface area contributed by atoms with E-state index < -0.39 is 15.4 Å². The highest BCUT2D eigenvalue weighted by molar-refractivity contribution is 7.90. The summed E-state index contributed by atoms with van der Waals surface area (Å²) in [6.07, 6.45) is 9.64. The number of rotatable bonds is 6. The molecule has 5 rings (SSSR count). The van der Waals surface area contributed by atoms with Crippen LogP contribution in [-0.4, -0.2) is 36.1 Å². The van der Waals surface area contributed by atoms with E-state index in [1.54, 1.807) is 24.5 Å². The van der Waals surface area contributed by atoms with E-state index in [1.807, 2.05) is 24.3 Å². The van der Waals surface area contributed by atoms with Crippen molar-refractivity contribution in [1.82, 2.24) is 15.3 Å². The first-order valence-corrected chi connectivity index (χ1v) is 14.5. The predicted octanol–water partition coefficient (Wildman–Crippen LogP) is 4.72. The lowest BCUT2D eigenvalue weighted by atomic mass is 9.76. The first kappa shape index (κ1) is 23.6. The summed E-state index contributed by atoms with van der Waals surface area (Å²) < 4.78 is 23.9. The molecule has 2 aliphatic carbocycles. The average Bonchev–Trinajstić information content (AvgIpc) is 3.50. The molecule has 0 spiro atoms. The van der Waals surface area contributed by atoms with Crippen LogP contribution in [-0.2, 0) is 14.6 Å². The van der Waals surface area contributed by atoms with Crippen LogP contribution in [0.2, 0.25) is 0 Å². The van der Waals surface area contributed by atoms with E-state index in [-0.39, 0.29) is 22.6 Å². The van der Waals surface area contributed by atoms with Gasteiger partial charge in [-0.25, -0.2) is 13.4 Å². The van der Waals surface area contributed by atoms with Gasteiger partial charge in [0.1, 0.15) is 10.5 Å². The molecule has 1 amide bonds. The summed E-state index contributed by atoms with van der Waals surface area (Å²) in [6, 6.07) is 12.9. The van der Waals surface area contributed by atoms with E-state index in [1.165, 1.54) is 17.6 Å². The number of amides is 1. The topological polar surface area (TPSA) is 113 Å². The lowest BCUT2D eigenvalue weighted by Crippen LogP contribution is -2.42. The van der Waals surface area contributed by atoms with Crippen LogP contribution in [0.15, 0.2) is 53.7 Å². The summed E-state index contributed by atoms with van der Waals surface area (Å²) in [7, 11) is -3.30. The number of pyridine rings is 1. The third kappa shape index (κ3) is 4.86. The van der Waals surface area contributed by atoms with Gasteiger partial charge in [-0.1, -0.05) is 25.0 Å². The molecule has 0 saturated heterocycles. The van der Waals surface area contributed by atoms with Gasteiger partial charge in [0, 0.05) is 36.0 Å². The number of nitrogens with one attached hydrogen (secondary N) is 1. The largest absolute Gasteiger partial charge is 0.338 e. The van der Waals surface area contributed by atoms with Crippen molar-refractivity contribution < 1.29 is 13.2 Å². The van der Waals surface area contributed by atoms with Crippen molar-refractivity contribution in [1.29, 1.82) is 5.26 Å². The molecular formula is C26H26N4O3S2. The molecule has 180 valence electrons. The summed E-state index contributed by atoms with van der Waals surface area (Å²) in [5.74, 6) is -0.403. The number of carbonyl (C=O) groups is 1. The van der Waals surface area contributed by atoms with Crippen LogP contribution < -0.4 is 5.32 Å². The number of sulfone groups is 1. The molecule has 7 nitrogen and oxygen atoms in total. The van der Waals surface area contributed by atoms with Gasteiger partial charge in [-0.3, -0.25) is 9.78 Å². The van der Waals surface area contributed by atoms with Crippen LogP contribution in [0.4, 0.5) is 0 Å². The maximum absolute atomic E-state index is 13.3. The van der Waals surface area contributed by atoms with Crippen molar-refractivity contribution in [3.8, 4) is 27.1 Å². The maximum atomic E-state index is 13.3. The van der Waals surface area contributed by atoms with Gasteiger partial charge in [-0.05, 0) is 55.5 Å². The van der Waals surface area contributed by atoms with Gasteiger partial charge >= 0.3 is 0 Å². The minimum Gasteiger partial charge on any atom is -0.338 e. The Hall–Kier alpha value is -3.09. The Bertz CT molecular complexity index is 1390. The third-order valence-corrected chi connectivity index (χ3v) is 9.18. The predicted molar refractivity (Wildman–Crippen MR) is 134 cm³/mol. The van der Waals surface area contributed by atoms with Gasteiger partial charge in [-0.15, -0.1) is 11.3 Å². The molecule has 0 bridgehead atoms. The molecular weight excluding hydrogens is 480 g/mol. The molecule has 1 aromatic carbocycles. The maximum Gasteiger partial charge on any atom is 0.225 e. The number of hydrogen-bond acceptors (Lipinski definition) is 7. The number of aromatic nitrogens is 2. The summed E-state index contributed by atoms with van der Waals surface area (Å²) in [5, 5.41) is 13.3. The van der Waals surface area contributed by atoms with E-state index in [2.05, 4.69) is 16.4 Å². The van der Waals surface area contributed by atoms with Crippen molar-refractivity contribution in [2.75, 3.05) is 6.26 Å². The molecule has 9 heteroatoms. The van der Waals surface area contributed by atoms with Gasteiger partial charge in [0.15, 0.2) is 9.84 Å². The zero-order valence-electron chi connectivity index (χ0n) is 19.4. The minimum absolute atomic E-state index is 0.0666. The quantitative estimate of drug-likeness (QED) is 0.518. The highest BCUT2D eigenvalue weighted by Gasteiger charge is 2.47. The normalized spacial score (nSPS) is 21.1. The first-order valence-electron chi connectivity index (χ1n) is 11.7. The Kier molecular flexibility index (Phi) is 6.20. The SMILES string of the molecule is CS(=O)(=O)c1ccc(-c2sc(-c3cccnc3)nc2[C@@H]2CCCC[C@H]2C(=O)NC2(C#N)CC2)cc1. The highest BCUT2D eigenvalue weighted by atomic mass is 32.2. The Morgan fingerprint density at radius 3 is 2.51 bits per heavy atom. The Morgan fingerprint density at radius 2 is 1.89 bits per heavy atom. The zero-order valence-corrected chi connectivity index (χ0v) is 21.0. The fourth-order valence-corrected chi connectivity index (χ4v) is 6.51. The van der Waals surface area contributed by atoms with Gasteiger partial charge in [0.2, 0.25) is 5.91 Å². The smallest absolute Gasteiger partial charge is 0.225 e. The molecule has 35 heavy (non-hydrogen) atoms. The number of hydrogen-bond donors (Lipinski definition) is 1. The molecule has 0 radical (unpaired) electrons. The van der Waals surface area contributed by atoms with Gasteiger partial charge in [0.25, 0.3) is 0 Å².